The van der Waals surface area contributed by atoms with Crippen molar-refractivity contribution in [2.75, 3.05) is 0 Å². The third-order valence-electron chi connectivity index (χ3n) is 25.6. The molecular formula is C98H87N25O4. The van der Waals surface area contributed by atoms with Crippen molar-refractivity contribution in [1.29, 1.82) is 0 Å². The molecule has 0 saturated carbocycles. The number of Topliss-reactive ketones (excluding diaryl/α,β-unsaturated/α-hetero) is 4. The van der Waals surface area contributed by atoms with Gasteiger partial charge in [0.2, 0.25) is 0 Å². The Morgan fingerprint density at radius 1 is 0.283 bits per heavy atom. The van der Waals surface area contributed by atoms with Gasteiger partial charge in [-0.2, -0.15) is 45.9 Å². The average Bonchev–Trinajstić information content (AvgIpc) is 1.71. The topological polar surface area (TPSA) is 417 Å². The molecule has 127 heavy (non-hydrogen) atoms. The van der Waals surface area contributed by atoms with Crippen LogP contribution in [0.15, 0.2) is 159 Å². The lowest BCUT2D eigenvalue weighted by molar-refractivity contribution is 0.0980. The van der Waals surface area contributed by atoms with Gasteiger partial charge in [-0.05, 0) is 271 Å². The van der Waals surface area contributed by atoms with E-state index in [-0.39, 0.29) is 42.4 Å². The summed E-state index contributed by atoms with van der Waals surface area (Å²) in [6.07, 6.45) is 35.5. The zero-order valence-electron chi connectivity index (χ0n) is 70.4. The molecule has 4 aromatic carbocycles. The van der Waals surface area contributed by atoms with Crippen LogP contribution in [0.5, 0.6) is 0 Å². The molecule has 9 N–H and O–H groups in total. The molecular weight excluding hydrogens is 1590 g/mol. The minimum Gasteiger partial charge on any atom is -0.292 e. The summed E-state index contributed by atoms with van der Waals surface area (Å²) >= 11 is 0. The number of aryl methyl sites for hydroxylation is 8. The lowest BCUT2D eigenvalue weighted by Crippen LogP contribution is -2.09. The number of nitrogens with one attached hydrogen (secondary N) is 9. The van der Waals surface area contributed by atoms with E-state index in [1.807, 2.05) is 150 Å². The van der Waals surface area contributed by atoms with Crippen LogP contribution in [0.1, 0.15) is 183 Å². The van der Waals surface area contributed by atoms with E-state index in [1.54, 1.807) is 37.2 Å². The Hall–Kier alpha value is -15.4. The maximum atomic E-state index is 13.3. The number of hydrogen-bond acceptors (Lipinski definition) is 20. The molecule has 29 nitrogen and oxygen atoms in total. The maximum absolute atomic E-state index is 13.3. The van der Waals surface area contributed by atoms with Crippen LogP contribution in [0.3, 0.4) is 0 Å². The number of ketones is 4. The van der Waals surface area contributed by atoms with Gasteiger partial charge in [0, 0.05) is 150 Å². The van der Waals surface area contributed by atoms with Crippen molar-refractivity contribution >= 4 is 110 Å². The van der Waals surface area contributed by atoms with Gasteiger partial charge in [-0.25, -0.2) is 19.9 Å². The molecule has 4 aliphatic rings. The van der Waals surface area contributed by atoms with Gasteiger partial charge in [-0.1, -0.05) is 12.1 Å². The second-order valence-corrected chi connectivity index (χ2v) is 33.5. The zero-order valence-corrected chi connectivity index (χ0v) is 70.4. The Bertz CT molecular complexity index is 7150. The summed E-state index contributed by atoms with van der Waals surface area (Å²) in [7, 11) is 0. The first kappa shape index (κ1) is 78.8. The van der Waals surface area contributed by atoms with Crippen LogP contribution in [0.25, 0.3) is 132 Å². The summed E-state index contributed by atoms with van der Waals surface area (Å²) < 4.78 is 0. The van der Waals surface area contributed by atoms with E-state index in [0.717, 1.165) is 280 Å². The molecule has 16 aromatic heterocycles. The lowest BCUT2D eigenvalue weighted by atomic mass is 9.85. The number of carbonyl (C=O) groups excluding carboxylic acids is 4. The summed E-state index contributed by atoms with van der Waals surface area (Å²) in [6.45, 7) is 8.10. The lowest BCUT2D eigenvalue weighted by Gasteiger charge is -2.21. The van der Waals surface area contributed by atoms with Crippen LogP contribution < -0.4 is 0 Å². The number of H-pyrrole nitrogens is 9. The van der Waals surface area contributed by atoms with Gasteiger partial charge >= 0.3 is 0 Å². The smallest absolute Gasteiger partial charge is 0.189 e. The molecule has 0 saturated heterocycles. The number of rotatable bonds is 16. The number of pyridine rings is 7. The average molecular weight is 1680 g/mol. The molecule has 4 aliphatic carbocycles. The Labute approximate surface area is 724 Å². The van der Waals surface area contributed by atoms with Crippen molar-refractivity contribution in [2.24, 2.45) is 0 Å². The molecule has 0 radical (unpaired) electrons. The molecule has 16 heterocycles. The van der Waals surface area contributed by atoms with Crippen molar-refractivity contribution in [2.45, 2.75) is 156 Å². The maximum Gasteiger partial charge on any atom is 0.189 e. The highest BCUT2D eigenvalue weighted by molar-refractivity contribution is 6.21. The molecule has 0 bridgehead atoms. The summed E-state index contributed by atoms with van der Waals surface area (Å²) in [4.78, 5) is 85.7. The van der Waals surface area contributed by atoms with Gasteiger partial charge < -0.3 is 0 Å². The highest BCUT2D eigenvalue weighted by Gasteiger charge is 2.32. The number of benzene rings is 4. The third kappa shape index (κ3) is 14.5. The van der Waals surface area contributed by atoms with E-state index < -0.39 is 0 Å². The molecule has 0 amide bonds. The predicted octanol–water partition coefficient (Wildman–Crippen LogP) is 17.4. The van der Waals surface area contributed by atoms with Crippen molar-refractivity contribution < 1.29 is 19.2 Å². The van der Waals surface area contributed by atoms with E-state index in [1.165, 1.54) is 44.5 Å². The van der Waals surface area contributed by atoms with Gasteiger partial charge in [-0.15, -0.1) is 0 Å². The first-order chi connectivity index (χ1) is 62.3. The molecule has 24 rings (SSSR count). The first-order valence-corrected chi connectivity index (χ1v) is 43.4. The molecule has 20 aromatic rings. The van der Waals surface area contributed by atoms with E-state index in [2.05, 4.69) is 107 Å². The van der Waals surface area contributed by atoms with Crippen LogP contribution in [-0.2, 0) is 77.0 Å². The summed E-state index contributed by atoms with van der Waals surface area (Å²) in [6, 6.07) is 30.9. The largest absolute Gasteiger partial charge is 0.292 e. The van der Waals surface area contributed by atoms with Crippen molar-refractivity contribution in [1.82, 2.24) is 127 Å². The normalized spacial score (nSPS) is 13.6. The fourth-order valence-corrected chi connectivity index (χ4v) is 19.5. The Kier molecular flexibility index (Phi) is 20.7. The van der Waals surface area contributed by atoms with E-state index >= 15 is 0 Å². The van der Waals surface area contributed by atoms with Crippen molar-refractivity contribution in [3.63, 3.8) is 0 Å². The molecule has 0 atom stereocenters. The summed E-state index contributed by atoms with van der Waals surface area (Å²) in [5.74, 6) is -0.102. The van der Waals surface area contributed by atoms with Crippen LogP contribution in [0, 0.1) is 27.7 Å². The van der Waals surface area contributed by atoms with Gasteiger partial charge in [0.15, 0.2) is 23.1 Å². The van der Waals surface area contributed by atoms with Crippen LogP contribution in [0.4, 0.5) is 0 Å². The van der Waals surface area contributed by atoms with Crippen LogP contribution in [-0.4, -0.2) is 150 Å². The fraction of sp³-hybridized carbons (Fsp3) is 0.245. The zero-order chi connectivity index (χ0) is 85.9. The van der Waals surface area contributed by atoms with Gasteiger partial charge in [0.05, 0.1) is 105 Å². The van der Waals surface area contributed by atoms with Crippen LogP contribution in [0.2, 0.25) is 0 Å². The van der Waals surface area contributed by atoms with E-state index in [4.69, 9.17) is 19.9 Å². The number of hydrogen-bond donors (Lipinski definition) is 9. The molecule has 29 heteroatoms. The molecule has 0 unspecified atom stereocenters. The van der Waals surface area contributed by atoms with Crippen molar-refractivity contribution in [3.8, 4) is 45.0 Å². The number of carbonyl (C=O) groups is 4. The standard InChI is InChI=1S/3C25H22N6O.C23H21N7O/c1-14-18(13-27-29-14)24-17-8-3-2-7-16(17)22-19(28-24)9-10-20-23(22)25(31-30-20)21(32)12-15-6-4-5-11-26-15;1-14-18(13-27-29-14)24-17-7-3-2-6-16(17)22-19(28-24)8-9-20-23(22)25(31-30-20)21(32)11-15-5-4-10-26-12-15;1-14-18(13-27-29-14)24-17-5-3-2-4-16(17)22-19(28-24)6-7-20-23(22)25(31-30-20)21(32)12-15-8-10-26-11-9-15;1-12-16(11-25-27-12)22-15-5-3-2-4-14(15)20-17(26-22)6-7-18-21(20)23(30-29-18)19(31)10-13-8-9-24-28-13/h4-6,9-11,13H,2-3,7-8,12H2,1H3,(H,27,29)(H,30,31);4-5,8-10,12-13H,2-3,6-7,11H2,1H3,(H,27,29)(H,30,31);6-11,13H,2-5,12H2,1H3,(H,27,29)(H,30,31);6-9,11H,2-5,10H2,1H3,(H,24,28)(H,25,27)(H,29,30). The Morgan fingerprint density at radius 2 is 0.638 bits per heavy atom. The minimum atomic E-state index is -0.0400. The Balaban J connectivity index is 0.000000103. The molecule has 0 fully saturated rings. The number of aromatic nitrogens is 25. The second kappa shape index (κ2) is 33.3. The first-order valence-electron chi connectivity index (χ1n) is 43.4. The second-order valence-electron chi connectivity index (χ2n) is 33.5. The molecule has 0 spiro atoms. The fourth-order valence-electron chi connectivity index (χ4n) is 19.5. The minimum absolute atomic E-state index is 0.00531. The number of aromatic amines is 9. The monoisotopic (exact) mass is 1680 g/mol. The van der Waals surface area contributed by atoms with Gasteiger partial charge in [0.1, 0.15) is 22.8 Å². The third-order valence-corrected chi connectivity index (χ3v) is 25.6. The quantitative estimate of drug-likeness (QED) is 0.0406. The SMILES string of the molecule is Cc1[nH]ncc1-c1nc2ccc3[nH]nc(C(=O)Cc4ccccn4)c3c2c2c1CCCC2.Cc1[nH]ncc1-c1nc2ccc3[nH]nc(C(=O)Cc4cccnc4)c3c2c2c1CCCC2.Cc1[nH]ncc1-c1nc2ccc3[nH]nc(C(=O)Cc4ccn[nH]4)c3c2c2c1CCCC2.Cc1[nH]ncc1-c1nc2ccc3[nH]nc(C(=O)Cc4ccncc4)c3c2c2c1CCCC2. The highest BCUT2D eigenvalue weighted by Crippen LogP contribution is 2.45. The Morgan fingerprint density at radius 3 is 0.961 bits per heavy atom. The molecule has 628 valence electrons. The molecule has 0 aliphatic heterocycles. The van der Waals surface area contributed by atoms with Gasteiger partial charge in [0.25, 0.3) is 0 Å². The summed E-state index contributed by atoms with van der Waals surface area (Å²) in [5, 5.41) is 73.6. The van der Waals surface area contributed by atoms with Crippen molar-refractivity contribution in [3.05, 3.63) is 272 Å². The number of fused-ring (bicyclic) bond motifs is 20. The highest BCUT2D eigenvalue weighted by atomic mass is 16.1. The van der Waals surface area contributed by atoms with E-state index in [0.29, 0.717) is 29.2 Å². The number of nitrogens with zero attached hydrogens (tertiary/aromatic N) is 16. The van der Waals surface area contributed by atoms with Gasteiger partial charge in [-0.3, -0.25) is 80.0 Å². The predicted molar refractivity (Wildman–Crippen MR) is 485 cm³/mol. The van der Waals surface area contributed by atoms with E-state index in [9.17, 15) is 19.2 Å². The summed E-state index contributed by atoms with van der Waals surface area (Å²) in [5.41, 5.74) is 34.8. The van der Waals surface area contributed by atoms with Crippen LogP contribution >= 0.6 is 0 Å².